The fourth-order valence-electron chi connectivity index (χ4n) is 4.28. The van der Waals surface area contributed by atoms with Gasteiger partial charge in [-0.15, -0.1) is 0 Å². The van der Waals surface area contributed by atoms with E-state index < -0.39 is 48.1 Å². The molecule has 0 radical (unpaired) electrons. The SMILES string of the molecule is C/C=C/C1CCC(c2ccc(COC(F)(F)Cc3cc(F)c(C(F)(F)F)c(F)c3)cc2)CC1. The standard InChI is InChI=1S/C25H25F7O/c1-2-3-16-4-8-19(9-5-16)20-10-6-17(7-11-20)15-33-24(28,29)14-18-12-21(26)23(22(27)13-18)25(30,31)32/h2-3,6-7,10-13,16,19H,4-5,8-9,14-15H2,1H3/b3-2+. The van der Waals surface area contributed by atoms with Gasteiger partial charge in [0.05, 0.1) is 13.0 Å². The highest BCUT2D eigenvalue weighted by Gasteiger charge is 2.39. The molecule has 0 saturated heterocycles. The van der Waals surface area contributed by atoms with E-state index in [9.17, 15) is 30.7 Å². The molecule has 0 heterocycles. The zero-order valence-corrected chi connectivity index (χ0v) is 18.1. The Hall–Kier alpha value is -2.35. The molecule has 0 spiro atoms. The predicted molar refractivity (Wildman–Crippen MR) is 111 cm³/mol. The summed E-state index contributed by atoms with van der Waals surface area (Å²) in [6.45, 7) is 1.56. The van der Waals surface area contributed by atoms with Crippen molar-refractivity contribution in [1.82, 2.24) is 0 Å². The van der Waals surface area contributed by atoms with Crippen molar-refractivity contribution in [2.45, 2.75) is 63.8 Å². The maximum Gasteiger partial charge on any atom is 0.422 e. The summed E-state index contributed by atoms with van der Waals surface area (Å²) in [5, 5.41) is 0. The van der Waals surface area contributed by atoms with Gasteiger partial charge in [-0.25, -0.2) is 8.78 Å². The van der Waals surface area contributed by atoms with Gasteiger partial charge in [-0.3, -0.25) is 0 Å². The van der Waals surface area contributed by atoms with Crippen LogP contribution in [0.3, 0.4) is 0 Å². The van der Waals surface area contributed by atoms with E-state index in [1.165, 1.54) is 0 Å². The lowest BCUT2D eigenvalue weighted by Gasteiger charge is -2.27. The Morgan fingerprint density at radius 2 is 1.45 bits per heavy atom. The number of hydrogen-bond acceptors (Lipinski definition) is 1. The highest BCUT2D eigenvalue weighted by molar-refractivity contribution is 5.29. The number of rotatable bonds is 7. The lowest BCUT2D eigenvalue weighted by atomic mass is 9.78. The molecule has 8 heteroatoms. The first-order chi connectivity index (χ1) is 15.5. The number of ether oxygens (including phenoxy) is 1. The maximum absolute atomic E-state index is 14.2. The Morgan fingerprint density at radius 3 is 1.97 bits per heavy atom. The molecule has 2 aromatic rings. The number of allylic oxidation sites excluding steroid dienone is 2. The van der Waals surface area contributed by atoms with Crippen molar-refractivity contribution in [3.63, 3.8) is 0 Å². The molecule has 33 heavy (non-hydrogen) atoms. The minimum Gasteiger partial charge on any atom is -0.315 e. The van der Waals surface area contributed by atoms with E-state index in [0.717, 1.165) is 31.2 Å². The van der Waals surface area contributed by atoms with Gasteiger partial charge >= 0.3 is 12.3 Å². The largest absolute Gasteiger partial charge is 0.422 e. The third-order valence-corrected chi connectivity index (χ3v) is 5.93. The smallest absolute Gasteiger partial charge is 0.315 e. The van der Waals surface area contributed by atoms with Gasteiger partial charge in [-0.2, -0.15) is 22.0 Å². The highest BCUT2D eigenvalue weighted by Crippen LogP contribution is 2.37. The third kappa shape index (κ3) is 6.82. The van der Waals surface area contributed by atoms with Gasteiger partial charge in [-0.05, 0) is 73.3 Å². The summed E-state index contributed by atoms with van der Waals surface area (Å²) in [5.74, 6) is -2.85. The van der Waals surface area contributed by atoms with Crippen molar-refractivity contribution in [3.8, 4) is 0 Å². The summed E-state index contributed by atoms with van der Waals surface area (Å²) >= 11 is 0. The second kappa shape index (κ2) is 10.3. The average Bonchev–Trinajstić information content (AvgIpc) is 2.72. The summed E-state index contributed by atoms with van der Waals surface area (Å²) in [4.78, 5) is 0. The number of alkyl halides is 5. The van der Waals surface area contributed by atoms with Gasteiger partial charge < -0.3 is 4.74 Å². The zero-order valence-electron chi connectivity index (χ0n) is 18.1. The molecule has 0 aromatic heterocycles. The summed E-state index contributed by atoms with van der Waals surface area (Å²) in [6.07, 6.45) is -1.70. The minimum absolute atomic E-state index is 0.253. The molecule has 2 aromatic carbocycles. The van der Waals surface area contributed by atoms with E-state index in [2.05, 4.69) is 16.9 Å². The molecule has 0 unspecified atom stereocenters. The zero-order chi connectivity index (χ0) is 24.2. The van der Waals surface area contributed by atoms with Crippen LogP contribution in [0.2, 0.25) is 0 Å². The quantitative estimate of drug-likeness (QED) is 0.290. The van der Waals surface area contributed by atoms with Crippen LogP contribution < -0.4 is 0 Å². The highest BCUT2D eigenvalue weighted by atomic mass is 19.4. The molecule has 1 aliphatic rings. The topological polar surface area (TPSA) is 9.23 Å². The van der Waals surface area contributed by atoms with Crippen molar-refractivity contribution in [2.24, 2.45) is 5.92 Å². The Labute approximate surface area is 188 Å². The lowest BCUT2D eigenvalue weighted by molar-refractivity contribution is -0.244. The Kier molecular flexibility index (Phi) is 7.88. The van der Waals surface area contributed by atoms with E-state index in [1.807, 2.05) is 19.1 Å². The maximum atomic E-state index is 14.2. The fourth-order valence-corrected chi connectivity index (χ4v) is 4.28. The molecule has 0 bridgehead atoms. The molecule has 3 rings (SSSR count). The van der Waals surface area contributed by atoms with E-state index >= 15 is 0 Å². The molecule has 1 fully saturated rings. The van der Waals surface area contributed by atoms with Gasteiger partial charge in [0.25, 0.3) is 0 Å². The van der Waals surface area contributed by atoms with Crippen LogP contribution in [0.5, 0.6) is 0 Å². The molecule has 1 aliphatic carbocycles. The normalized spacial score (nSPS) is 19.9. The summed E-state index contributed by atoms with van der Waals surface area (Å²) in [6, 6.07) is 7.67. The molecule has 0 aliphatic heterocycles. The lowest BCUT2D eigenvalue weighted by Crippen LogP contribution is -2.24. The first kappa shape index (κ1) is 25.3. The molecular formula is C25H25F7O. The van der Waals surface area contributed by atoms with Gasteiger partial charge in [0.15, 0.2) is 0 Å². The van der Waals surface area contributed by atoms with Crippen LogP contribution in [0.25, 0.3) is 0 Å². The van der Waals surface area contributed by atoms with Gasteiger partial charge in [-0.1, -0.05) is 36.4 Å². The van der Waals surface area contributed by atoms with Crippen LogP contribution in [0.4, 0.5) is 30.7 Å². The van der Waals surface area contributed by atoms with Crippen molar-refractivity contribution in [1.29, 1.82) is 0 Å². The van der Waals surface area contributed by atoms with Crippen molar-refractivity contribution in [2.75, 3.05) is 0 Å². The Morgan fingerprint density at radius 1 is 0.879 bits per heavy atom. The Balaban J connectivity index is 1.57. The first-order valence-corrected chi connectivity index (χ1v) is 10.8. The van der Waals surface area contributed by atoms with Crippen LogP contribution in [0.15, 0.2) is 48.6 Å². The molecular weight excluding hydrogens is 449 g/mol. The number of halogens is 7. The summed E-state index contributed by atoms with van der Waals surface area (Å²) in [5.41, 5.74) is -1.11. The van der Waals surface area contributed by atoms with Gasteiger partial charge in [0.1, 0.15) is 17.2 Å². The second-order valence-corrected chi connectivity index (χ2v) is 8.41. The van der Waals surface area contributed by atoms with E-state index in [-0.39, 0.29) is 12.1 Å². The average molecular weight is 474 g/mol. The van der Waals surface area contributed by atoms with Crippen LogP contribution in [0.1, 0.15) is 60.8 Å². The first-order valence-electron chi connectivity index (χ1n) is 10.8. The number of benzene rings is 2. The van der Waals surface area contributed by atoms with Crippen molar-refractivity contribution < 1.29 is 35.5 Å². The fraction of sp³-hybridized carbons (Fsp3) is 0.440. The molecule has 180 valence electrons. The van der Waals surface area contributed by atoms with E-state index in [4.69, 9.17) is 0 Å². The van der Waals surface area contributed by atoms with E-state index in [1.54, 1.807) is 12.1 Å². The summed E-state index contributed by atoms with van der Waals surface area (Å²) in [7, 11) is 0. The monoisotopic (exact) mass is 474 g/mol. The van der Waals surface area contributed by atoms with Crippen LogP contribution in [-0.2, 0) is 23.9 Å². The predicted octanol–water partition coefficient (Wildman–Crippen LogP) is 8.19. The molecule has 0 atom stereocenters. The van der Waals surface area contributed by atoms with Crippen LogP contribution >= 0.6 is 0 Å². The molecule has 1 nitrogen and oxygen atoms in total. The minimum atomic E-state index is -5.26. The third-order valence-electron chi connectivity index (χ3n) is 5.93. The van der Waals surface area contributed by atoms with Gasteiger partial charge in [0, 0.05) is 0 Å². The number of hydrogen-bond donors (Lipinski definition) is 0. The molecule has 0 N–H and O–H groups in total. The summed E-state index contributed by atoms with van der Waals surface area (Å²) < 4.78 is 98.1. The molecule has 0 amide bonds. The van der Waals surface area contributed by atoms with Gasteiger partial charge in [0.2, 0.25) is 0 Å². The molecule has 1 saturated carbocycles. The van der Waals surface area contributed by atoms with Crippen molar-refractivity contribution in [3.05, 3.63) is 82.4 Å². The van der Waals surface area contributed by atoms with Crippen LogP contribution in [0, 0.1) is 17.6 Å². The Bertz CT molecular complexity index is 933. The van der Waals surface area contributed by atoms with Crippen molar-refractivity contribution >= 4 is 0 Å². The second-order valence-electron chi connectivity index (χ2n) is 8.41. The van der Waals surface area contributed by atoms with Crippen LogP contribution in [-0.4, -0.2) is 6.11 Å². The van der Waals surface area contributed by atoms with E-state index in [0.29, 0.717) is 17.4 Å².